The van der Waals surface area contributed by atoms with Crippen LogP contribution in [0.4, 0.5) is 10.5 Å². The summed E-state index contributed by atoms with van der Waals surface area (Å²) in [6.07, 6.45) is 0. The van der Waals surface area contributed by atoms with Crippen molar-refractivity contribution in [3.05, 3.63) is 72.3 Å². The third-order valence-corrected chi connectivity index (χ3v) is 3.68. The highest BCUT2D eigenvalue weighted by molar-refractivity contribution is 6.02. The van der Waals surface area contributed by atoms with Gasteiger partial charge in [0.05, 0.1) is 12.8 Å². The van der Waals surface area contributed by atoms with Gasteiger partial charge in [-0.2, -0.15) is 0 Å². The Labute approximate surface area is 144 Å². The Morgan fingerprint density at radius 3 is 2.32 bits per heavy atom. The van der Waals surface area contributed by atoms with E-state index in [9.17, 15) is 9.59 Å². The first kappa shape index (κ1) is 16.3. The number of hydrogen-bond donors (Lipinski definition) is 3. The average molecular weight is 335 g/mol. The number of anilines is 1. The standard InChI is InChI=1S/C19H17N3O3/c1-25-15-11-9-14(10-12-15)18(23)21-22-19(24)20-17-8-4-6-13-5-2-3-7-16(13)17/h2-12H,1H3,(H,21,23)(H2,20,22,24). The molecule has 3 N–H and O–H groups in total. The lowest BCUT2D eigenvalue weighted by molar-refractivity contribution is 0.0938. The monoisotopic (exact) mass is 335 g/mol. The van der Waals surface area contributed by atoms with E-state index in [0.29, 0.717) is 17.0 Å². The Bertz CT molecular complexity index is 902. The highest BCUT2D eigenvalue weighted by Crippen LogP contribution is 2.22. The van der Waals surface area contributed by atoms with Gasteiger partial charge >= 0.3 is 6.03 Å². The molecular formula is C19H17N3O3. The molecule has 0 heterocycles. The van der Waals surface area contributed by atoms with E-state index in [1.165, 1.54) is 0 Å². The maximum atomic E-state index is 12.0. The predicted octanol–water partition coefficient (Wildman–Crippen LogP) is 3.31. The van der Waals surface area contributed by atoms with Crippen molar-refractivity contribution in [2.24, 2.45) is 0 Å². The first-order valence-corrected chi connectivity index (χ1v) is 7.66. The molecule has 3 aromatic carbocycles. The minimum atomic E-state index is -0.529. The van der Waals surface area contributed by atoms with E-state index in [0.717, 1.165) is 10.8 Å². The van der Waals surface area contributed by atoms with E-state index in [-0.39, 0.29) is 0 Å². The van der Waals surface area contributed by atoms with Crippen LogP contribution in [-0.4, -0.2) is 19.0 Å². The number of ether oxygens (including phenoxy) is 1. The molecule has 0 aromatic heterocycles. The predicted molar refractivity (Wildman–Crippen MR) is 96.6 cm³/mol. The summed E-state index contributed by atoms with van der Waals surface area (Å²) in [5, 5.41) is 4.66. The number of methoxy groups -OCH3 is 1. The van der Waals surface area contributed by atoms with E-state index in [2.05, 4.69) is 16.2 Å². The van der Waals surface area contributed by atoms with Crippen molar-refractivity contribution in [3.8, 4) is 5.75 Å². The summed E-state index contributed by atoms with van der Waals surface area (Å²) in [6.45, 7) is 0. The molecule has 6 heteroatoms. The number of urea groups is 1. The van der Waals surface area contributed by atoms with Crippen LogP contribution >= 0.6 is 0 Å². The first-order chi connectivity index (χ1) is 12.2. The molecule has 0 spiro atoms. The van der Waals surface area contributed by atoms with Gasteiger partial charge in [0, 0.05) is 10.9 Å². The molecule has 0 radical (unpaired) electrons. The van der Waals surface area contributed by atoms with Crippen LogP contribution in [0.3, 0.4) is 0 Å². The van der Waals surface area contributed by atoms with Crippen molar-refractivity contribution in [1.29, 1.82) is 0 Å². The second kappa shape index (κ2) is 7.35. The molecule has 3 amide bonds. The number of amides is 3. The van der Waals surface area contributed by atoms with Crippen LogP contribution in [0.25, 0.3) is 10.8 Å². The van der Waals surface area contributed by atoms with Crippen molar-refractivity contribution in [2.75, 3.05) is 12.4 Å². The molecular weight excluding hydrogens is 318 g/mol. The lowest BCUT2D eigenvalue weighted by Crippen LogP contribution is -2.43. The Balaban J connectivity index is 1.61. The fourth-order valence-electron chi connectivity index (χ4n) is 2.42. The van der Waals surface area contributed by atoms with Crippen LogP contribution in [0.1, 0.15) is 10.4 Å². The number of hydrogen-bond acceptors (Lipinski definition) is 3. The van der Waals surface area contributed by atoms with Crippen molar-refractivity contribution in [1.82, 2.24) is 10.9 Å². The number of fused-ring (bicyclic) bond motifs is 1. The van der Waals surface area contributed by atoms with E-state index in [1.54, 1.807) is 37.4 Å². The van der Waals surface area contributed by atoms with Gasteiger partial charge in [0.2, 0.25) is 0 Å². The molecule has 0 atom stereocenters. The van der Waals surface area contributed by atoms with Crippen LogP contribution in [0, 0.1) is 0 Å². The fraction of sp³-hybridized carbons (Fsp3) is 0.0526. The highest BCUT2D eigenvalue weighted by Gasteiger charge is 2.08. The van der Waals surface area contributed by atoms with Crippen molar-refractivity contribution < 1.29 is 14.3 Å². The third kappa shape index (κ3) is 3.87. The van der Waals surface area contributed by atoms with E-state index in [4.69, 9.17) is 4.74 Å². The van der Waals surface area contributed by atoms with E-state index in [1.807, 2.05) is 36.4 Å². The summed E-state index contributed by atoms with van der Waals surface area (Å²) < 4.78 is 5.04. The van der Waals surface area contributed by atoms with Gasteiger partial charge in [0.15, 0.2) is 0 Å². The molecule has 0 aliphatic rings. The molecule has 25 heavy (non-hydrogen) atoms. The summed E-state index contributed by atoms with van der Waals surface area (Å²) in [7, 11) is 1.55. The Morgan fingerprint density at radius 2 is 1.56 bits per heavy atom. The maximum absolute atomic E-state index is 12.0. The van der Waals surface area contributed by atoms with E-state index >= 15 is 0 Å². The molecule has 0 saturated carbocycles. The van der Waals surface area contributed by atoms with E-state index < -0.39 is 11.9 Å². The van der Waals surface area contributed by atoms with Gasteiger partial charge in [0.1, 0.15) is 5.75 Å². The van der Waals surface area contributed by atoms with Crippen molar-refractivity contribution in [3.63, 3.8) is 0 Å². The Kier molecular flexibility index (Phi) is 4.80. The number of rotatable bonds is 3. The number of benzene rings is 3. The zero-order valence-corrected chi connectivity index (χ0v) is 13.6. The zero-order chi connectivity index (χ0) is 17.6. The number of hydrazine groups is 1. The summed E-state index contributed by atoms with van der Waals surface area (Å²) >= 11 is 0. The average Bonchev–Trinajstić information content (AvgIpc) is 2.66. The van der Waals surface area contributed by atoms with Gasteiger partial charge < -0.3 is 10.1 Å². The highest BCUT2D eigenvalue weighted by atomic mass is 16.5. The molecule has 0 fully saturated rings. The molecule has 0 aliphatic carbocycles. The molecule has 0 aliphatic heterocycles. The topological polar surface area (TPSA) is 79.5 Å². The largest absolute Gasteiger partial charge is 0.497 e. The molecule has 126 valence electrons. The van der Waals surface area contributed by atoms with Gasteiger partial charge in [-0.25, -0.2) is 10.2 Å². The molecule has 3 rings (SSSR count). The first-order valence-electron chi connectivity index (χ1n) is 7.66. The van der Waals surface area contributed by atoms with Crippen molar-refractivity contribution >= 4 is 28.4 Å². The summed E-state index contributed by atoms with van der Waals surface area (Å²) in [5.41, 5.74) is 5.77. The Morgan fingerprint density at radius 1 is 0.840 bits per heavy atom. The number of carbonyl (C=O) groups is 2. The summed E-state index contributed by atoms with van der Waals surface area (Å²) in [6, 6.07) is 19.4. The smallest absolute Gasteiger partial charge is 0.337 e. The minimum Gasteiger partial charge on any atom is -0.497 e. The molecule has 3 aromatic rings. The lowest BCUT2D eigenvalue weighted by Gasteiger charge is -2.11. The van der Waals surface area contributed by atoms with Crippen LogP contribution in [0.15, 0.2) is 66.7 Å². The zero-order valence-electron chi connectivity index (χ0n) is 13.6. The van der Waals surface area contributed by atoms with Gasteiger partial charge in [-0.15, -0.1) is 0 Å². The molecule has 0 saturated heterocycles. The van der Waals surface area contributed by atoms with Gasteiger partial charge in [0.25, 0.3) is 5.91 Å². The second-order valence-corrected chi connectivity index (χ2v) is 5.29. The minimum absolute atomic E-state index is 0.409. The molecule has 6 nitrogen and oxygen atoms in total. The fourth-order valence-corrected chi connectivity index (χ4v) is 2.42. The normalized spacial score (nSPS) is 10.1. The van der Waals surface area contributed by atoms with Crippen molar-refractivity contribution in [2.45, 2.75) is 0 Å². The maximum Gasteiger partial charge on any atom is 0.337 e. The lowest BCUT2D eigenvalue weighted by atomic mass is 10.1. The second-order valence-electron chi connectivity index (χ2n) is 5.29. The van der Waals surface area contributed by atoms with Gasteiger partial charge in [-0.1, -0.05) is 36.4 Å². The number of carbonyl (C=O) groups excluding carboxylic acids is 2. The van der Waals surface area contributed by atoms with Crippen LogP contribution in [0.5, 0.6) is 5.75 Å². The van der Waals surface area contributed by atoms with Crippen LogP contribution < -0.4 is 20.9 Å². The number of nitrogens with one attached hydrogen (secondary N) is 3. The van der Waals surface area contributed by atoms with Gasteiger partial charge in [-0.3, -0.25) is 10.2 Å². The summed E-state index contributed by atoms with van der Waals surface area (Å²) in [4.78, 5) is 24.1. The van der Waals surface area contributed by atoms with Crippen LogP contribution in [-0.2, 0) is 0 Å². The molecule has 0 bridgehead atoms. The summed E-state index contributed by atoms with van der Waals surface area (Å²) in [5.74, 6) is 0.230. The Hall–Kier alpha value is -3.54. The van der Waals surface area contributed by atoms with Crippen LogP contribution in [0.2, 0.25) is 0 Å². The molecule has 0 unspecified atom stereocenters. The van der Waals surface area contributed by atoms with Gasteiger partial charge in [-0.05, 0) is 35.7 Å². The third-order valence-electron chi connectivity index (χ3n) is 3.68. The quantitative estimate of drug-likeness (QED) is 0.643. The SMILES string of the molecule is COc1ccc(C(=O)NNC(=O)Nc2cccc3ccccc23)cc1.